The molecule has 1 aliphatic heterocycles. The number of benzene rings is 1. The summed E-state index contributed by atoms with van der Waals surface area (Å²) in [6.45, 7) is 3.39. The van der Waals surface area contributed by atoms with E-state index in [0.29, 0.717) is 15.8 Å². The molecule has 0 aliphatic carbocycles. The summed E-state index contributed by atoms with van der Waals surface area (Å²) in [6, 6.07) is 3.86. The van der Waals surface area contributed by atoms with E-state index in [0.717, 1.165) is 11.7 Å². The number of aryl methyl sites for hydroxylation is 1. The van der Waals surface area contributed by atoms with E-state index in [9.17, 15) is 31.2 Å². The van der Waals surface area contributed by atoms with Crippen molar-refractivity contribution in [3.8, 4) is 0 Å². The SMILES string of the molecule is CCC(=O)Nc1ccc(S(=O)(=O)N2CCC(n3nc(C(F)(F)F)n(C)c3=O)CC2)c(C)c1. The fraction of sp³-hybridized carbons (Fsp3) is 0.526. The molecule has 32 heavy (non-hydrogen) atoms. The molecule has 0 bridgehead atoms. The molecule has 1 fully saturated rings. The zero-order valence-electron chi connectivity index (χ0n) is 17.8. The summed E-state index contributed by atoms with van der Waals surface area (Å²) in [7, 11) is -2.85. The van der Waals surface area contributed by atoms with E-state index < -0.39 is 33.8 Å². The number of anilines is 1. The predicted octanol–water partition coefficient (Wildman–Crippen LogP) is 2.28. The molecule has 1 aromatic heterocycles. The number of sulfonamides is 1. The zero-order valence-corrected chi connectivity index (χ0v) is 18.6. The monoisotopic (exact) mass is 475 g/mol. The molecular formula is C19H24F3N5O4S. The van der Waals surface area contributed by atoms with Gasteiger partial charge in [0.05, 0.1) is 10.9 Å². The molecule has 0 atom stereocenters. The third-order valence-electron chi connectivity index (χ3n) is 5.42. The Morgan fingerprint density at radius 1 is 1.25 bits per heavy atom. The Labute approximate surface area is 182 Å². The molecule has 13 heteroatoms. The number of amides is 1. The molecule has 1 aromatic carbocycles. The van der Waals surface area contributed by atoms with Crippen LogP contribution >= 0.6 is 0 Å². The Morgan fingerprint density at radius 2 is 1.88 bits per heavy atom. The van der Waals surface area contributed by atoms with E-state index in [1.165, 1.54) is 16.4 Å². The molecule has 0 radical (unpaired) electrons. The van der Waals surface area contributed by atoms with Crippen molar-refractivity contribution < 1.29 is 26.4 Å². The molecule has 1 saturated heterocycles. The molecule has 1 aliphatic rings. The summed E-state index contributed by atoms with van der Waals surface area (Å²) in [6.07, 6.45) is -4.17. The lowest BCUT2D eigenvalue weighted by Gasteiger charge is -2.31. The molecule has 0 saturated carbocycles. The highest BCUT2D eigenvalue weighted by Crippen LogP contribution is 2.30. The van der Waals surface area contributed by atoms with E-state index >= 15 is 0 Å². The van der Waals surface area contributed by atoms with Gasteiger partial charge in [0.25, 0.3) is 0 Å². The van der Waals surface area contributed by atoms with E-state index in [1.54, 1.807) is 19.9 Å². The third kappa shape index (κ3) is 4.58. The number of hydrogen-bond acceptors (Lipinski definition) is 5. The standard InChI is InChI=1S/C19H24F3N5O4S/c1-4-16(28)23-13-5-6-15(12(2)11-13)32(30,31)26-9-7-14(8-10-26)27-18(29)25(3)17(24-27)19(20,21)22/h5-6,11,14H,4,7-10H2,1-3H3,(H,23,28). The molecule has 2 aromatic rings. The van der Waals surface area contributed by atoms with Gasteiger partial charge in [-0.15, -0.1) is 5.10 Å². The van der Waals surface area contributed by atoms with E-state index in [-0.39, 0.29) is 43.2 Å². The highest BCUT2D eigenvalue weighted by atomic mass is 32.2. The number of nitrogens with one attached hydrogen (secondary N) is 1. The van der Waals surface area contributed by atoms with Gasteiger partial charge in [-0.25, -0.2) is 17.9 Å². The van der Waals surface area contributed by atoms with E-state index in [1.807, 2.05) is 0 Å². The van der Waals surface area contributed by atoms with E-state index in [2.05, 4.69) is 10.4 Å². The van der Waals surface area contributed by atoms with Gasteiger partial charge in [0.1, 0.15) is 0 Å². The number of rotatable bonds is 5. The minimum absolute atomic E-state index is 0.0329. The van der Waals surface area contributed by atoms with Crippen molar-refractivity contribution in [3.63, 3.8) is 0 Å². The second-order valence-electron chi connectivity index (χ2n) is 7.62. The van der Waals surface area contributed by atoms with Crippen LogP contribution in [0.25, 0.3) is 0 Å². The number of hydrogen-bond donors (Lipinski definition) is 1. The molecule has 2 heterocycles. The maximum Gasteiger partial charge on any atom is 0.451 e. The number of piperidine rings is 1. The van der Waals surface area contributed by atoms with Crippen LogP contribution in [0, 0.1) is 6.92 Å². The molecule has 1 N–H and O–H groups in total. The van der Waals surface area contributed by atoms with Crippen LogP contribution < -0.4 is 11.0 Å². The summed E-state index contributed by atoms with van der Waals surface area (Å²) >= 11 is 0. The van der Waals surface area contributed by atoms with Crippen molar-refractivity contribution in [2.24, 2.45) is 7.05 Å². The molecular weight excluding hydrogens is 451 g/mol. The quantitative estimate of drug-likeness (QED) is 0.714. The molecule has 0 unspecified atom stereocenters. The number of aromatic nitrogens is 3. The van der Waals surface area contributed by atoms with Crippen molar-refractivity contribution in [3.05, 3.63) is 40.1 Å². The van der Waals surface area contributed by atoms with Crippen molar-refractivity contribution in [2.45, 2.75) is 50.2 Å². The highest BCUT2D eigenvalue weighted by Gasteiger charge is 2.39. The van der Waals surface area contributed by atoms with Gasteiger partial charge >= 0.3 is 11.9 Å². The lowest BCUT2D eigenvalue weighted by Crippen LogP contribution is -2.41. The third-order valence-corrected chi connectivity index (χ3v) is 7.48. The van der Waals surface area contributed by atoms with Crippen LogP contribution in [-0.2, 0) is 28.0 Å². The van der Waals surface area contributed by atoms with Gasteiger partial charge in [-0.05, 0) is 43.5 Å². The molecule has 0 spiro atoms. The highest BCUT2D eigenvalue weighted by molar-refractivity contribution is 7.89. The Bertz CT molecular complexity index is 1180. The van der Waals surface area contributed by atoms with Crippen LogP contribution in [0.15, 0.2) is 27.9 Å². The number of carbonyl (C=O) groups is 1. The largest absolute Gasteiger partial charge is 0.451 e. The van der Waals surface area contributed by atoms with Crippen molar-refractivity contribution >= 4 is 21.6 Å². The molecule has 9 nitrogen and oxygen atoms in total. The number of alkyl halides is 3. The fourth-order valence-electron chi connectivity index (χ4n) is 3.67. The smallest absolute Gasteiger partial charge is 0.326 e. The molecule has 3 rings (SSSR count). The first-order chi connectivity index (χ1) is 14.9. The van der Waals surface area contributed by atoms with Crippen LogP contribution in [0.1, 0.15) is 43.6 Å². The summed E-state index contributed by atoms with van der Waals surface area (Å²) < 4.78 is 67.8. The minimum atomic E-state index is -4.76. The molecule has 1 amide bonds. The second kappa shape index (κ2) is 8.70. The maximum atomic E-state index is 13.1. The minimum Gasteiger partial charge on any atom is -0.326 e. The van der Waals surface area contributed by atoms with Crippen molar-refractivity contribution in [2.75, 3.05) is 18.4 Å². The number of carbonyl (C=O) groups excluding carboxylic acids is 1. The second-order valence-corrected chi connectivity index (χ2v) is 9.53. The van der Waals surface area contributed by atoms with Crippen LogP contribution in [0.4, 0.5) is 18.9 Å². The lowest BCUT2D eigenvalue weighted by atomic mass is 10.1. The van der Waals surface area contributed by atoms with Crippen LogP contribution in [0.3, 0.4) is 0 Å². The van der Waals surface area contributed by atoms with Crippen molar-refractivity contribution in [1.82, 2.24) is 18.7 Å². The molecule has 176 valence electrons. The van der Waals surface area contributed by atoms with Gasteiger partial charge in [-0.2, -0.15) is 17.5 Å². The summed E-state index contributed by atoms with van der Waals surface area (Å²) in [5.74, 6) is -1.48. The Kier molecular flexibility index (Phi) is 6.52. The van der Waals surface area contributed by atoms with Gasteiger partial charge < -0.3 is 5.32 Å². The van der Waals surface area contributed by atoms with Gasteiger partial charge in [0.2, 0.25) is 21.8 Å². The van der Waals surface area contributed by atoms with Gasteiger partial charge in [0, 0.05) is 32.2 Å². The first-order valence-corrected chi connectivity index (χ1v) is 11.4. The first-order valence-electron chi connectivity index (χ1n) is 9.99. The maximum absolute atomic E-state index is 13.1. The van der Waals surface area contributed by atoms with Gasteiger partial charge in [-0.1, -0.05) is 6.92 Å². The zero-order chi connectivity index (χ0) is 23.8. The normalized spacial score (nSPS) is 16.3. The average molecular weight is 475 g/mol. The average Bonchev–Trinajstić information content (AvgIpc) is 3.03. The lowest BCUT2D eigenvalue weighted by molar-refractivity contribution is -0.147. The summed E-state index contributed by atoms with van der Waals surface area (Å²) in [5.41, 5.74) is 0.0537. The van der Waals surface area contributed by atoms with Gasteiger partial charge in [0.15, 0.2) is 0 Å². The predicted molar refractivity (Wildman–Crippen MR) is 110 cm³/mol. The first kappa shape index (κ1) is 24.0. The van der Waals surface area contributed by atoms with E-state index in [4.69, 9.17) is 0 Å². The Hall–Kier alpha value is -2.67. The topological polar surface area (TPSA) is 106 Å². The van der Waals surface area contributed by atoms with Crippen molar-refractivity contribution in [1.29, 1.82) is 0 Å². The fourth-order valence-corrected chi connectivity index (χ4v) is 5.35. The van der Waals surface area contributed by atoms with Gasteiger partial charge in [-0.3, -0.25) is 9.36 Å². The number of nitrogens with zero attached hydrogens (tertiary/aromatic N) is 4. The van der Waals surface area contributed by atoms with Crippen LogP contribution in [0.5, 0.6) is 0 Å². The summed E-state index contributed by atoms with van der Waals surface area (Å²) in [5, 5.41) is 6.11. The van der Waals surface area contributed by atoms with Crippen LogP contribution in [0.2, 0.25) is 0 Å². The Balaban J connectivity index is 1.76. The number of halogens is 3. The van der Waals surface area contributed by atoms with Crippen LogP contribution in [-0.4, -0.2) is 46.1 Å². The Morgan fingerprint density at radius 3 is 2.38 bits per heavy atom. The summed E-state index contributed by atoms with van der Waals surface area (Å²) in [4.78, 5) is 23.8.